The van der Waals surface area contributed by atoms with E-state index in [1.807, 2.05) is 24.3 Å². The number of benzene rings is 1. The Morgan fingerprint density at radius 3 is 2.72 bits per heavy atom. The van der Waals surface area contributed by atoms with Crippen LogP contribution in [0.2, 0.25) is 0 Å². The van der Waals surface area contributed by atoms with Gasteiger partial charge >= 0.3 is 0 Å². The molecular weight excluding hydrogens is 338 g/mol. The van der Waals surface area contributed by atoms with Gasteiger partial charge in [-0.05, 0) is 43.0 Å². The monoisotopic (exact) mass is 365 g/mol. The number of hydrogen-bond donors (Lipinski definition) is 2. The molecule has 1 saturated carbocycles. The fourth-order valence-electron chi connectivity index (χ4n) is 3.74. The van der Waals surface area contributed by atoms with Crippen molar-refractivity contribution in [1.29, 1.82) is 0 Å². The molecular formula is C18H27N3O3S. The summed E-state index contributed by atoms with van der Waals surface area (Å²) in [5.41, 5.74) is 7.48. The van der Waals surface area contributed by atoms with Gasteiger partial charge in [0.25, 0.3) is 5.91 Å². The molecule has 2 unspecified atom stereocenters. The molecule has 7 heteroatoms. The number of nitrogens with two attached hydrogens (primary N) is 1. The van der Waals surface area contributed by atoms with Crippen LogP contribution in [0.15, 0.2) is 24.3 Å². The first-order valence-electron chi connectivity index (χ1n) is 8.99. The Balaban J connectivity index is 1.60. The third kappa shape index (κ3) is 4.80. The molecule has 2 fully saturated rings. The largest absolute Gasteiger partial charge is 0.349 e. The first-order chi connectivity index (χ1) is 12.0. The maximum atomic E-state index is 12.5. The van der Waals surface area contributed by atoms with Crippen molar-refractivity contribution in [3.8, 4) is 0 Å². The minimum atomic E-state index is -2.87. The Morgan fingerprint density at radius 1 is 1.24 bits per heavy atom. The highest BCUT2D eigenvalue weighted by Crippen LogP contribution is 2.25. The molecule has 1 heterocycles. The van der Waals surface area contributed by atoms with Crippen LogP contribution in [0.5, 0.6) is 0 Å². The summed E-state index contributed by atoms with van der Waals surface area (Å²) >= 11 is 0. The van der Waals surface area contributed by atoms with Crippen LogP contribution in [-0.2, 0) is 16.4 Å². The molecule has 3 N–H and O–H groups in total. The smallest absolute Gasteiger partial charge is 0.251 e. The highest BCUT2D eigenvalue weighted by Gasteiger charge is 2.27. The quantitative estimate of drug-likeness (QED) is 0.804. The summed E-state index contributed by atoms with van der Waals surface area (Å²) in [6.07, 6.45) is 3.19. The summed E-state index contributed by atoms with van der Waals surface area (Å²) in [5.74, 6) is 0.765. The van der Waals surface area contributed by atoms with Crippen LogP contribution in [0.25, 0.3) is 0 Å². The van der Waals surface area contributed by atoms with E-state index in [1.54, 1.807) is 0 Å². The third-order valence-electron chi connectivity index (χ3n) is 5.31. The second-order valence-electron chi connectivity index (χ2n) is 7.13. The zero-order valence-corrected chi connectivity index (χ0v) is 15.3. The van der Waals surface area contributed by atoms with Crippen LogP contribution < -0.4 is 11.1 Å². The molecule has 1 aliphatic carbocycles. The lowest BCUT2D eigenvalue weighted by Gasteiger charge is -2.26. The molecule has 0 radical (unpaired) electrons. The highest BCUT2D eigenvalue weighted by atomic mass is 32.2. The minimum absolute atomic E-state index is 0.0478. The zero-order valence-electron chi connectivity index (χ0n) is 14.5. The summed E-state index contributed by atoms with van der Waals surface area (Å²) in [6.45, 7) is 2.40. The van der Waals surface area contributed by atoms with Crippen LogP contribution in [0.4, 0.5) is 0 Å². The number of sulfone groups is 1. The van der Waals surface area contributed by atoms with Gasteiger partial charge in [0.2, 0.25) is 0 Å². The second kappa shape index (κ2) is 7.85. The number of nitrogens with zero attached hydrogens (tertiary/aromatic N) is 1. The Hall–Kier alpha value is -1.44. The number of carbonyl (C=O) groups is 1. The van der Waals surface area contributed by atoms with Gasteiger partial charge in [-0.15, -0.1) is 0 Å². The SMILES string of the molecule is NCC1CCCC1NC(=O)c1cccc(CN2CCS(=O)(=O)CC2)c1. The number of rotatable bonds is 5. The van der Waals surface area contributed by atoms with Gasteiger partial charge in [-0.1, -0.05) is 18.6 Å². The molecule has 2 atom stereocenters. The predicted molar refractivity (Wildman–Crippen MR) is 98.0 cm³/mol. The van der Waals surface area contributed by atoms with Gasteiger partial charge in [0.15, 0.2) is 9.84 Å². The van der Waals surface area contributed by atoms with E-state index in [0.717, 1.165) is 24.8 Å². The van der Waals surface area contributed by atoms with E-state index in [9.17, 15) is 13.2 Å². The van der Waals surface area contributed by atoms with Crippen LogP contribution in [0.1, 0.15) is 35.2 Å². The Morgan fingerprint density at radius 2 is 2.00 bits per heavy atom. The minimum Gasteiger partial charge on any atom is -0.349 e. The van der Waals surface area contributed by atoms with Crippen molar-refractivity contribution in [3.63, 3.8) is 0 Å². The first kappa shape index (κ1) is 18.4. The van der Waals surface area contributed by atoms with Crippen LogP contribution >= 0.6 is 0 Å². The second-order valence-corrected chi connectivity index (χ2v) is 9.44. The van der Waals surface area contributed by atoms with E-state index >= 15 is 0 Å². The van der Waals surface area contributed by atoms with Crippen LogP contribution in [0, 0.1) is 5.92 Å². The Labute approximate surface area is 149 Å². The van der Waals surface area contributed by atoms with Crippen molar-refractivity contribution in [2.45, 2.75) is 31.8 Å². The molecule has 0 spiro atoms. The summed E-state index contributed by atoms with van der Waals surface area (Å²) in [5, 5.41) is 3.13. The molecule has 3 rings (SSSR count). The fraction of sp³-hybridized carbons (Fsp3) is 0.611. The third-order valence-corrected chi connectivity index (χ3v) is 6.92. The topological polar surface area (TPSA) is 92.5 Å². The van der Waals surface area contributed by atoms with Gasteiger partial charge in [-0.3, -0.25) is 9.69 Å². The molecule has 1 aromatic carbocycles. The van der Waals surface area contributed by atoms with Crippen molar-refractivity contribution in [3.05, 3.63) is 35.4 Å². The fourth-order valence-corrected chi connectivity index (χ4v) is 5.02. The number of nitrogens with one attached hydrogen (secondary N) is 1. The lowest BCUT2D eigenvalue weighted by Crippen LogP contribution is -2.40. The van der Waals surface area contributed by atoms with E-state index in [-0.39, 0.29) is 23.5 Å². The van der Waals surface area contributed by atoms with Crippen molar-refractivity contribution in [2.75, 3.05) is 31.1 Å². The molecule has 25 heavy (non-hydrogen) atoms. The molecule has 1 aromatic rings. The number of carbonyl (C=O) groups excluding carboxylic acids is 1. The maximum Gasteiger partial charge on any atom is 0.251 e. The molecule has 1 saturated heterocycles. The van der Waals surface area contributed by atoms with E-state index in [0.29, 0.717) is 37.7 Å². The molecule has 138 valence electrons. The molecule has 1 amide bonds. The van der Waals surface area contributed by atoms with E-state index < -0.39 is 9.84 Å². The molecule has 6 nitrogen and oxygen atoms in total. The average molecular weight is 365 g/mol. The first-order valence-corrected chi connectivity index (χ1v) is 10.8. The van der Waals surface area contributed by atoms with Gasteiger partial charge in [0, 0.05) is 31.2 Å². The molecule has 2 aliphatic rings. The highest BCUT2D eigenvalue weighted by molar-refractivity contribution is 7.91. The molecule has 1 aliphatic heterocycles. The maximum absolute atomic E-state index is 12.5. The van der Waals surface area contributed by atoms with Crippen LogP contribution in [-0.4, -0.2) is 56.4 Å². The number of amides is 1. The predicted octanol–water partition coefficient (Wildman–Crippen LogP) is 0.774. The zero-order chi connectivity index (χ0) is 17.9. The van der Waals surface area contributed by atoms with Gasteiger partial charge < -0.3 is 11.1 Å². The van der Waals surface area contributed by atoms with Crippen molar-refractivity contribution in [2.24, 2.45) is 11.7 Å². The van der Waals surface area contributed by atoms with E-state index in [1.165, 1.54) is 0 Å². The number of hydrogen-bond acceptors (Lipinski definition) is 5. The van der Waals surface area contributed by atoms with Crippen molar-refractivity contribution >= 4 is 15.7 Å². The summed E-state index contributed by atoms with van der Waals surface area (Å²) < 4.78 is 23.0. The molecule has 0 aromatic heterocycles. The molecule has 0 bridgehead atoms. The van der Waals surface area contributed by atoms with Gasteiger partial charge in [0.05, 0.1) is 11.5 Å². The lowest BCUT2D eigenvalue weighted by molar-refractivity contribution is 0.0928. The Bertz CT molecular complexity index is 706. The van der Waals surface area contributed by atoms with Crippen molar-refractivity contribution < 1.29 is 13.2 Å². The van der Waals surface area contributed by atoms with Gasteiger partial charge in [0.1, 0.15) is 0 Å². The van der Waals surface area contributed by atoms with Crippen molar-refractivity contribution in [1.82, 2.24) is 10.2 Å². The Kier molecular flexibility index (Phi) is 5.76. The van der Waals surface area contributed by atoms with Crippen LogP contribution in [0.3, 0.4) is 0 Å². The van der Waals surface area contributed by atoms with Gasteiger partial charge in [-0.2, -0.15) is 0 Å². The van der Waals surface area contributed by atoms with E-state index in [4.69, 9.17) is 5.73 Å². The normalized spacial score (nSPS) is 26.4. The van der Waals surface area contributed by atoms with E-state index in [2.05, 4.69) is 10.2 Å². The standard InChI is InChI=1S/C18H27N3O3S/c19-12-16-5-2-6-17(16)20-18(22)15-4-1-3-14(11-15)13-21-7-9-25(23,24)10-8-21/h1,3-4,11,16-17H,2,5-10,12-13,19H2,(H,20,22). The lowest BCUT2D eigenvalue weighted by atomic mass is 10.0. The van der Waals surface area contributed by atoms with Gasteiger partial charge in [-0.25, -0.2) is 8.42 Å². The summed E-state index contributed by atoms with van der Waals surface area (Å²) in [6, 6.07) is 7.78. The summed E-state index contributed by atoms with van der Waals surface area (Å²) in [4.78, 5) is 14.7. The summed E-state index contributed by atoms with van der Waals surface area (Å²) in [7, 11) is -2.87. The average Bonchev–Trinajstić information content (AvgIpc) is 3.04.